The highest BCUT2D eigenvalue weighted by atomic mass is 35.5. The van der Waals surface area contributed by atoms with Crippen LogP contribution in [0.1, 0.15) is 34.5 Å². The van der Waals surface area contributed by atoms with E-state index in [1.807, 2.05) is 42.6 Å². The first kappa shape index (κ1) is 19.4. The minimum Gasteiger partial charge on any atom is -0.349 e. The van der Waals surface area contributed by atoms with Gasteiger partial charge < -0.3 is 11.1 Å². The number of nitrogens with zero attached hydrogens (tertiary/aromatic N) is 2. The smallest absolute Gasteiger partial charge is 0.251 e. The average Bonchev–Trinajstić information content (AvgIpc) is 2.64. The summed E-state index contributed by atoms with van der Waals surface area (Å²) in [5.41, 5.74) is 8.41. The van der Waals surface area contributed by atoms with Crippen LogP contribution < -0.4 is 11.1 Å². The van der Waals surface area contributed by atoms with Crippen LogP contribution in [0.25, 0.3) is 0 Å². The van der Waals surface area contributed by atoms with Gasteiger partial charge in [0.05, 0.1) is 5.69 Å². The molecule has 6 heteroatoms. The van der Waals surface area contributed by atoms with E-state index in [9.17, 15) is 4.79 Å². The number of carbonyl (C=O) groups is 1. The van der Waals surface area contributed by atoms with Crippen LogP contribution >= 0.6 is 12.4 Å². The van der Waals surface area contributed by atoms with Crippen LogP contribution in [0.2, 0.25) is 0 Å². The van der Waals surface area contributed by atoms with Crippen LogP contribution in [0.3, 0.4) is 0 Å². The molecule has 25 heavy (non-hydrogen) atoms. The van der Waals surface area contributed by atoms with E-state index in [4.69, 9.17) is 5.73 Å². The van der Waals surface area contributed by atoms with Gasteiger partial charge in [0.1, 0.15) is 0 Å². The molecule has 1 aliphatic heterocycles. The summed E-state index contributed by atoms with van der Waals surface area (Å²) in [6.45, 7) is 3.33. The Hall–Kier alpha value is -1.95. The number of aromatic nitrogens is 1. The normalized spacial score (nSPS) is 15.4. The lowest BCUT2D eigenvalue weighted by Crippen LogP contribution is -2.44. The largest absolute Gasteiger partial charge is 0.349 e. The molecule has 2 heterocycles. The number of halogens is 1. The van der Waals surface area contributed by atoms with Crippen molar-refractivity contribution in [3.8, 4) is 0 Å². The maximum absolute atomic E-state index is 12.3. The molecular formula is C19H25ClN4O. The van der Waals surface area contributed by atoms with Gasteiger partial charge in [-0.1, -0.05) is 18.2 Å². The molecule has 1 fully saturated rings. The quantitative estimate of drug-likeness (QED) is 0.858. The predicted octanol–water partition coefficient (Wildman–Crippen LogP) is 2.36. The molecule has 5 nitrogen and oxygen atoms in total. The van der Waals surface area contributed by atoms with Crippen molar-refractivity contribution in [1.29, 1.82) is 0 Å². The monoisotopic (exact) mass is 360 g/mol. The number of hydrogen-bond acceptors (Lipinski definition) is 4. The van der Waals surface area contributed by atoms with Crippen molar-refractivity contribution in [2.24, 2.45) is 5.73 Å². The van der Waals surface area contributed by atoms with Gasteiger partial charge in [-0.05, 0) is 42.7 Å². The number of hydrogen-bond donors (Lipinski definition) is 2. The lowest BCUT2D eigenvalue weighted by atomic mass is 10.0. The summed E-state index contributed by atoms with van der Waals surface area (Å²) in [5.74, 6) is 0.00162. The molecule has 1 saturated heterocycles. The second-order valence-corrected chi connectivity index (χ2v) is 6.25. The number of rotatable bonds is 5. The Morgan fingerprint density at radius 2 is 1.88 bits per heavy atom. The third kappa shape index (κ3) is 5.53. The van der Waals surface area contributed by atoms with E-state index in [2.05, 4.69) is 21.3 Å². The zero-order chi connectivity index (χ0) is 16.8. The number of nitrogens with two attached hydrogens (primary N) is 1. The SMILES string of the molecule is Cl.NCc1ccc(C(=O)NC2CCN(Cc3ccccn3)CC2)cc1. The van der Waals surface area contributed by atoms with E-state index in [1.165, 1.54) is 0 Å². The lowest BCUT2D eigenvalue weighted by Gasteiger charge is -2.32. The Morgan fingerprint density at radius 3 is 2.48 bits per heavy atom. The van der Waals surface area contributed by atoms with Crippen molar-refractivity contribution in [2.75, 3.05) is 13.1 Å². The lowest BCUT2D eigenvalue weighted by molar-refractivity contribution is 0.0908. The van der Waals surface area contributed by atoms with Gasteiger partial charge in [-0.3, -0.25) is 14.7 Å². The van der Waals surface area contributed by atoms with Crippen LogP contribution in [-0.2, 0) is 13.1 Å². The summed E-state index contributed by atoms with van der Waals surface area (Å²) in [5, 5.41) is 3.14. The minimum atomic E-state index is 0. The fraction of sp³-hybridized carbons (Fsp3) is 0.368. The summed E-state index contributed by atoms with van der Waals surface area (Å²) >= 11 is 0. The predicted molar refractivity (Wildman–Crippen MR) is 102 cm³/mol. The molecule has 1 aromatic carbocycles. The molecule has 3 rings (SSSR count). The Labute approximate surface area is 155 Å². The van der Waals surface area contributed by atoms with Crippen LogP contribution in [0.4, 0.5) is 0 Å². The Balaban J connectivity index is 0.00000225. The van der Waals surface area contributed by atoms with Gasteiger partial charge in [0.25, 0.3) is 5.91 Å². The van der Waals surface area contributed by atoms with Crippen LogP contribution in [-0.4, -0.2) is 34.9 Å². The number of carbonyl (C=O) groups excluding carboxylic acids is 1. The molecule has 3 N–H and O–H groups in total. The summed E-state index contributed by atoms with van der Waals surface area (Å²) in [6, 6.07) is 13.7. The van der Waals surface area contributed by atoms with Gasteiger partial charge >= 0.3 is 0 Å². The van der Waals surface area contributed by atoms with Crippen molar-refractivity contribution in [3.05, 3.63) is 65.5 Å². The van der Waals surface area contributed by atoms with Gasteiger partial charge in [0.2, 0.25) is 0 Å². The van der Waals surface area contributed by atoms with E-state index in [-0.39, 0.29) is 24.4 Å². The van der Waals surface area contributed by atoms with Crippen LogP contribution in [0.5, 0.6) is 0 Å². The summed E-state index contributed by atoms with van der Waals surface area (Å²) < 4.78 is 0. The molecule has 0 radical (unpaired) electrons. The second-order valence-electron chi connectivity index (χ2n) is 6.25. The van der Waals surface area contributed by atoms with Crippen molar-refractivity contribution in [1.82, 2.24) is 15.2 Å². The molecular weight excluding hydrogens is 336 g/mol. The standard InChI is InChI=1S/C19H24N4O.ClH/c20-13-15-4-6-16(7-5-15)19(24)22-17-8-11-23(12-9-17)14-18-3-1-2-10-21-18;/h1-7,10,17H,8-9,11-14,20H2,(H,22,24);1H. The Bertz CT molecular complexity index is 655. The van der Waals surface area contributed by atoms with E-state index in [1.54, 1.807) is 0 Å². The Morgan fingerprint density at radius 1 is 1.16 bits per heavy atom. The number of amides is 1. The number of nitrogens with one attached hydrogen (secondary N) is 1. The second kappa shape index (κ2) is 9.51. The van der Waals surface area contributed by atoms with Gasteiger partial charge in [-0.25, -0.2) is 0 Å². The zero-order valence-electron chi connectivity index (χ0n) is 14.2. The number of pyridine rings is 1. The highest BCUT2D eigenvalue weighted by molar-refractivity contribution is 5.94. The van der Waals surface area contributed by atoms with E-state index in [0.29, 0.717) is 12.1 Å². The van der Waals surface area contributed by atoms with Crippen molar-refractivity contribution in [3.63, 3.8) is 0 Å². The minimum absolute atomic E-state index is 0. The van der Waals surface area contributed by atoms with Crippen molar-refractivity contribution in [2.45, 2.75) is 32.0 Å². The molecule has 0 unspecified atom stereocenters. The first-order valence-electron chi connectivity index (χ1n) is 8.47. The first-order chi connectivity index (χ1) is 11.7. The molecule has 0 atom stereocenters. The van der Waals surface area contributed by atoms with Gasteiger partial charge in [-0.15, -0.1) is 12.4 Å². The fourth-order valence-electron chi connectivity index (χ4n) is 3.02. The maximum Gasteiger partial charge on any atom is 0.251 e. The molecule has 1 amide bonds. The summed E-state index contributed by atoms with van der Waals surface area (Å²) in [4.78, 5) is 19.1. The fourth-order valence-corrected chi connectivity index (χ4v) is 3.02. The zero-order valence-corrected chi connectivity index (χ0v) is 15.0. The summed E-state index contributed by atoms with van der Waals surface area (Å²) in [7, 11) is 0. The molecule has 2 aromatic rings. The van der Waals surface area contributed by atoms with E-state index < -0.39 is 0 Å². The molecule has 0 saturated carbocycles. The maximum atomic E-state index is 12.3. The number of benzene rings is 1. The molecule has 1 aromatic heterocycles. The van der Waals surface area contributed by atoms with Crippen molar-refractivity contribution >= 4 is 18.3 Å². The first-order valence-corrected chi connectivity index (χ1v) is 8.47. The van der Waals surface area contributed by atoms with Gasteiger partial charge in [0.15, 0.2) is 0 Å². The van der Waals surface area contributed by atoms with Gasteiger partial charge in [0, 0.05) is 44.0 Å². The van der Waals surface area contributed by atoms with Gasteiger partial charge in [-0.2, -0.15) is 0 Å². The van der Waals surface area contributed by atoms with E-state index >= 15 is 0 Å². The molecule has 0 bridgehead atoms. The van der Waals surface area contributed by atoms with Crippen LogP contribution in [0, 0.1) is 0 Å². The van der Waals surface area contributed by atoms with E-state index in [0.717, 1.165) is 43.7 Å². The van der Waals surface area contributed by atoms with Crippen LogP contribution in [0.15, 0.2) is 48.7 Å². The number of piperidine rings is 1. The highest BCUT2D eigenvalue weighted by Gasteiger charge is 2.21. The molecule has 0 aliphatic carbocycles. The molecule has 134 valence electrons. The van der Waals surface area contributed by atoms with Crippen molar-refractivity contribution < 1.29 is 4.79 Å². The summed E-state index contributed by atoms with van der Waals surface area (Å²) in [6.07, 6.45) is 3.77. The third-order valence-electron chi connectivity index (χ3n) is 4.49. The third-order valence-corrected chi connectivity index (χ3v) is 4.49. The highest BCUT2D eigenvalue weighted by Crippen LogP contribution is 2.14. The Kier molecular flexibility index (Phi) is 7.37. The topological polar surface area (TPSA) is 71.2 Å². The number of likely N-dealkylation sites (tertiary alicyclic amines) is 1. The molecule has 1 aliphatic rings. The average molecular weight is 361 g/mol. The molecule has 0 spiro atoms.